The second-order valence-electron chi connectivity index (χ2n) is 4.66. The Balaban J connectivity index is 2.09. The molecule has 0 aliphatic carbocycles. The maximum Gasteiger partial charge on any atom is 0.328 e. The van der Waals surface area contributed by atoms with E-state index < -0.39 is 5.97 Å². The van der Waals surface area contributed by atoms with Crippen molar-refractivity contribution < 1.29 is 14.7 Å². The first-order valence-electron chi connectivity index (χ1n) is 6.36. The highest BCUT2D eigenvalue weighted by molar-refractivity contribution is 7.08. The number of hydrogen-bond donors (Lipinski definition) is 2. The zero-order valence-electron chi connectivity index (χ0n) is 11.5. The number of carbonyl (C=O) groups is 2. The van der Waals surface area contributed by atoms with Gasteiger partial charge >= 0.3 is 5.97 Å². The molecule has 0 atom stereocenters. The molecule has 0 saturated heterocycles. The Labute approximate surface area is 126 Å². The number of carboxylic acid groups (broad SMARTS) is 1. The number of rotatable bonds is 5. The molecule has 0 spiro atoms. The molecule has 0 aliphatic heterocycles. The average Bonchev–Trinajstić information content (AvgIpc) is 2.88. The third-order valence-corrected chi connectivity index (χ3v) is 3.48. The number of amides is 1. The molecule has 5 heteroatoms. The molecule has 1 aromatic heterocycles. The number of anilines is 1. The Morgan fingerprint density at radius 2 is 2.14 bits per heavy atom. The van der Waals surface area contributed by atoms with E-state index in [4.69, 9.17) is 5.11 Å². The van der Waals surface area contributed by atoms with Crippen molar-refractivity contribution >= 4 is 35.0 Å². The van der Waals surface area contributed by atoms with E-state index in [1.165, 1.54) is 6.08 Å². The molecule has 0 aliphatic rings. The first kappa shape index (κ1) is 15.0. The van der Waals surface area contributed by atoms with Gasteiger partial charge in [-0.1, -0.05) is 6.07 Å². The van der Waals surface area contributed by atoms with Crippen LogP contribution in [0, 0.1) is 6.92 Å². The molecule has 0 fully saturated rings. The van der Waals surface area contributed by atoms with Crippen molar-refractivity contribution in [1.29, 1.82) is 0 Å². The second-order valence-corrected chi connectivity index (χ2v) is 5.44. The third kappa shape index (κ3) is 4.89. The zero-order chi connectivity index (χ0) is 15.2. The fourth-order valence-electron chi connectivity index (χ4n) is 1.93. The molecule has 21 heavy (non-hydrogen) atoms. The molecular formula is C16H15NO3S. The Bertz CT molecular complexity index is 675. The van der Waals surface area contributed by atoms with Crippen LogP contribution in [0.2, 0.25) is 0 Å². The molecule has 2 aromatic rings. The van der Waals surface area contributed by atoms with Crippen LogP contribution >= 0.6 is 11.3 Å². The maximum absolute atomic E-state index is 11.9. The SMILES string of the molecule is Cc1cc(/C=C/C(=O)O)cc(NC(=O)Cc2ccsc2)c1. The molecule has 108 valence electrons. The monoisotopic (exact) mass is 301 g/mol. The van der Waals surface area contributed by atoms with Crippen LogP contribution in [-0.2, 0) is 16.0 Å². The van der Waals surface area contributed by atoms with Gasteiger partial charge < -0.3 is 10.4 Å². The van der Waals surface area contributed by atoms with Crippen molar-refractivity contribution in [3.8, 4) is 0 Å². The minimum Gasteiger partial charge on any atom is -0.478 e. The van der Waals surface area contributed by atoms with Gasteiger partial charge in [-0.3, -0.25) is 4.79 Å². The maximum atomic E-state index is 11.9. The highest BCUT2D eigenvalue weighted by Crippen LogP contribution is 2.16. The smallest absolute Gasteiger partial charge is 0.328 e. The van der Waals surface area contributed by atoms with E-state index in [0.29, 0.717) is 12.1 Å². The van der Waals surface area contributed by atoms with Crippen molar-refractivity contribution in [3.05, 3.63) is 57.8 Å². The third-order valence-electron chi connectivity index (χ3n) is 2.75. The van der Waals surface area contributed by atoms with Gasteiger partial charge in [0.25, 0.3) is 0 Å². The summed E-state index contributed by atoms with van der Waals surface area (Å²) < 4.78 is 0. The van der Waals surface area contributed by atoms with Gasteiger partial charge in [0.2, 0.25) is 5.91 Å². The summed E-state index contributed by atoms with van der Waals surface area (Å²) in [6, 6.07) is 7.37. The van der Waals surface area contributed by atoms with Crippen LogP contribution in [0.4, 0.5) is 5.69 Å². The van der Waals surface area contributed by atoms with Crippen molar-refractivity contribution in [3.63, 3.8) is 0 Å². The summed E-state index contributed by atoms with van der Waals surface area (Å²) in [6.07, 6.45) is 2.91. The Morgan fingerprint density at radius 3 is 2.81 bits per heavy atom. The number of aryl methyl sites for hydroxylation is 1. The lowest BCUT2D eigenvalue weighted by Crippen LogP contribution is -2.14. The van der Waals surface area contributed by atoms with Crippen LogP contribution in [0.15, 0.2) is 41.1 Å². The largest absolute Gasteiger partial charge is 0.478 e. The number of aliphatic carboxylic acids is 1. The molecule has 1 heterocycles. The Kier molecular flexibility index (Phi) is 4.90. The van der Waals surface area contributed by atoms with Gasteiger partial charge in [-0.25, -0.2) is 4.79 Å². The average molecular weight is 301 g/mol. The second kappa shape index (κ2) is 6.85. The standard InChI is InChI=1S/C16H15NO3S/c1-11-6-12(2-3-16(19)20)8-14(7-11)17-15(18)9-13-4-5-21-10-13/h2-8,10H,9H2,1H3,(H,17,18)(H,19,20)/b3-2+. The van der Waals surface area contributed by atoms with E-state index in [9.17, 15) is 9.59 Å². The van der Waals surface area contributed by atoms with Crippen molar-refractivity contribution in [1.82, 2.24) is 0 Å². The zero-order valence-corrected chi connectivity index (χ0v) is 12.3. The van der Waals surface area contributed by atoms with E-state index >= 15 is 0 Å². The summed E-state index contributed by atoms with van der Waals surface area (Å²) in [7, 11) is 0. The predicted octanol–water partition coefficient (Wildman–Crippen LogP) is 3.34. The Morgan fingerprint density at radius 1 is 1.33 bits per heavy atom. The van der Waals surface area contributed by atoms with Crippen LogP contribution in [0.5, 0.6) is 0 Å². The molecule has 1 amide bonds. The summed E-state index contributed by atoms with van der Waals surface area (Å²) in [4.78, 5) is 22.5. The van der Waals surface area contributed by atoms with Crippen LogP contribution in [0.1, 0.15) is 16.7 Å². The molecule has 0 bridgehead atoms. The molecule has 4 nitrogen and oxygen atoms in total. The lowest BCUT2D eigenvalue weighted by Gasteiger charge is -2.07. The molecule has 2 rings (SSSR count). The number of thiophene rings is 1. The number of benzene rings is 1. The number of carbonyl (C=O) groups excluding carboxylic acids is 1. The summed E-state index contributed by atoms with van der Waals surface area (Å²) >= 11 is 1.56. The van der Waals surface area contributed by atoms with E-state index in [0.717, 1.165) is 22.8 Å². The quantitative estimate of drug-likeness (QED) is 0.832. The summed E-state index contributed by atoms with van der Waals surface area (Å²) in [5, 5.41) is 15.4. The van der Waals surface area contributed by atoms with Gasteiger partial charge in [0, 0.05) is 11.8 Å². The van der Waals surface area contributed by atoms with Gasteiger partial charge in [0.15, 0.2) is 0 Å². The molecule has 0 unspecified atom stereocenters. The summed E-state index contributed by atoms with van der Waals surface area (Å²) in [5.41, 5.74) is 3.34. The van der Waals surface area contributed by atoms with Crippen LogP contribution < -0.4 is 5.32 Å². The highest BCUT2D eigenvalue weighted by atomic mass is 32.1. The predicted molar refractivity (Wildman–Crippen MR) is 84.5 cm³/mol. The topological polar surface area (TPSA) is 66.4 Å². The lowest BCUT2D eigenvalue weighted by atomic mass is 10.1. The minimum atomic E-state index is -1.00. The summed E-state index contributed by atoms with van der Waals surface area (Å²) in [5.74, 6) is -1.09. The molecular weight excluding hydrogens is 286 g/mol. The minimum absolute atomic E-state index is 0.0906. The molecule has 0 radical (unpaired) electrons. The van der Waals surface area contributed by atoms with Gasteiger partial charge in [-0.2, -0.15) is 11.3 Å². The van der Waals surface area contributed by atoms with Gasteiger partial charge in [0.1, 0.15) is 0 Å². The normalized spacial score (nSPS) is 10.7. The van der Waals surface area contributed by atoms with E-state index in [2.05, 4.69) is 5.32 Å². The van der Waals surface area contributed by atoms with E-state index in [1.807, 2.05) is 35.9 Å². The number of hydrogen-bond acceptors (Lipinski definition) is 3. The van der Waals surface area contributed by atoms with Crippen molar-refractivity contribution in [2.75, 3.05) is 5.32 Å². The van der Waals surface area contributed by atoms with Gasteiger partial charge in [-0.05, 0) is 58.6 Å². The molecule has 0 saturated carbocycles. The van der Waals surface area contributed by atoms with Crippen LogP contribution in [0.3, 0.4) is 0 Å². The fraction of sp³-hybridized carbons (Fsp3) is 0.125. The Hall–Kier alpha value is -2.40. The fourth-order valence-corrected chi connectivity index (χ4v) is 2.60. The highest BCUT2D eigenvalue weighted by Gasteiger charge is 2.05. The van der Waals surface area contributed by atoms with Crippen molar-refractivity contribution in [2.45, 2.75) is 13.3 Å². The van der Waals surface area contributed by atoms with Crippen LogP contribution in [0.25, 0.3) is 6.08 Å². The first-order valence-corrected chi connectivity index (χ1v) is 7.31. The number of nitrogens with one attached hydrogen (secondary N) is 1. The molecule has 1 aromatic carbocycles. The van der Waals surface area contributed by atoms with Crippen LogP contribution in [-0.4, -0.2) is 17.0 Å². The number of carboxylic acids is 1. The first-order chi connectivity index (χ1) is 10.0. The lowest BCUT2D eigenvalue weighted by molar-refractivity contribution is -0.131. The summed E-state index contributed by atoms with van der Waals surface area (Å²) in [6.45, 7) is 1.90. The molecule has 2 N–H and O–H groups in total. The van der Waals surface area contributed by atoms with Gasteiger partial charge in [0.05, 0.1) is 6.42 Å². The van der Waals surface area contributed by atoms with Gasteiger partial charge in [-0.15, -0.1) is 0 Å². The van der Waals surface area contributed by atoms with E-state index in [1.54, 1.807) is 17.4 Å². The van der Waals surface area contributed by atoms with Crippen molar-refractivity contribution in [2.24, 2.45) is 0 Å². The van der Waals surface area contributed by atoms with E-state index in [-0.39, 0.29) is 5.91 Å².